The van der Waals surface area contributed by atoms with E-state index in [1.165, 1.54) is 29.2 Å². The van der Waals surface area contributed by atoms with Crippen LogP contribution >= 0.6 is 0 Å². The number of amides is 1. The van der Waals surface area contributed by atoms with E-state index in [2.05, 4.69) is 6.58 Å². The highest BCUT2D eigenvalue weighted by Gasteiger charge is 2.22. The van der Waals surface area contributed by atoms with Crippen LogP contribution in [0.5, 0.6) is 17.2 Å². The van der Waals surface area contributed by atoms with Gasteiger partial charge >= 0.3 is 0 Å². The highest BCUT2D eigenvalue weighted by Crippen LogP contribution is 2.38. The van der Waals surface area contributed by atoms with Crippen LogP contribution in [0.4, 0.5) is 5.69 Å². The van der Waals surface area contributed by atoms with Crippen LogP contribution in [0.1, 0.15) is 11.1 Å². The number of benzene rings is 2. The van der Waals surface area contributed by atoms with Gasteiger partial charge < -0.3 is 19.1 Å². The van der Waals surface area contributed by atoms with Crippen molar-refractivity contribution < 1.29 is 23.9 Å². The molecule has 29 heavy (non-hydrogen) atoms. The number of nitro benzene ring substituents is 1. The van der Waals surface area contributed by atoms with E-state index in [9.17, 15) is 14.9 Å². The maximum atomic E-state index is 12.4. The van der Waals surface area contributed by atoms with Gasteiger partial charge in [0, 0.05) is 19.7 Å². The lowest BCUT2D eigenvalue weighted by atomic mass is 10.1. The number of fused-ring (bicyclic) bond motifs is 1. The van der Waals surface area contributed by atoms with E-state index < -0.39 is 4.92 Å². The first-order valence-electron chi connectivity index (χ1n) is 8.82. The monoisotopic (exact) mass is 396 g/mol. The lowest BCUT2D eigenvalue weighted by Crippen LogP contribution is -2.24. The number of hydrogen-bond donors (Lipinski definition) is 0. The van der Waals surface area contributed by atoms with Gasteiger partial charge in [-0.2, -0.15) is 0 Å². The molecule has 1 heterocycles. The van der Waals surface area contributed by atoms with Crippen LogP contribution in [-0.4, -0.2) is 36.2 Å². The molecule has 1 aliphatic rings. The molecular weight excluding hydrogens is 376 g/mol. The zero-order valence-corrected chi connectivity index (χ0v) is 15.9. The van der Waals surface area contributed by atoms with Gasteiger partial charge in [-0.15, -0.1) is 0 Å². The molecule has 0 N–H and O–H groups in total. The molecular formula is C21H20N2O6. The van der Waals surface area contributed by atoms with E-state index in [0.717, 1.165) is 11.3 Å². The molecule has 0 atom stereocenters. The van der Waals surface area contributed by atoms with E-state index in [4.69, 9.17) is 14.2 Å². The summed E-state index contributed by atoms with van der Waals surface area (Å²) in [6, 6.07) is 10.2. The average molecular weight is 396 g/mol. The number of carbonyl (C=O) groups is 1. The van der Waals surface area contributed by atoms with Gasteiger partial charge in [0.2, 0.25) is 12.7 Å². The summed E-state index contributed by atoms with van der Waals surface area (Å²) in [6.45, 7) is 4.42. The topological polar surface area (TPSA) is 91.1 Å². The third-order valence-electron chi connectivity index (χ3n) is 4.21. The minimum atomic E-state index is -0.522. The molecule has 2 aromatic carbocycles. The van der Waals surface area contributed by atoms with Crippen molar-refractivity contribution in [2.45, 2.75) is 6.54 Å². The molecule has 8 heteroatoms. The Balaban J connectivity index is 1.67. The Labute approximate surface area is 167 Å². The fraction of sp³-hybridized carbons (Fsp3) is 0.190. The molecule has 1 aliphatic heterocycles. The second kappa shape index (κ2) is 8.92. The van der Waals surface area contributed by atoms with Gasteiger partial charge in [0.25, 0.3) is 5.69 Å². The molecule has 0 aromatic heterocycles. The normalized spacial score (nSPS) is 12.0. The first-order chi connectivity index (χ1) is 14.0. The summed E-state index contributed by atoms with van der Waals surface area (Å²) < 4.78 is 15.8. The summed E-state index contributed by atoms with van der Waals surface area (Å²) >= 11 is 0. The Morgan fingerprint density at radius 3 is 2.62 bits per heavy atom. The van der Waals surface area contributed by atoms with Gasteiger partial charge in [-0.05, 0) is 29.8 Å². The second-order valence-electron chi connectivity index (χ2n) is 6.29. The lowest BCUT2D eigenvalue weighted by Gasteiger charge is -2.15. The van der Waals surface area contributed by atoms with Gasteiger partial charge in [-0.3, -0.25) is 14.9 Å². The maximum Gasteiger partial charge on any atom is 0.280 e. The zero-order valence-electron chi connectivity index (χ0n) is 15.9. The number of likely N-dealkylation sites (N-methyl/N-ethyl adjacent to an activating group) is 1. The Morgan fingerprint density at radius 1 is 1.28 bits per heavy atom. The van der Waals surface area contributed by atoms with Gasteiger partial charge in [0.1, 0.15) is 12.4 Å². The number of nitrogens with zero attached hydrogens (tertiary/aromatic N) is 2. The Kier molecular flexibility index (Phi) is 6.13. The predicted molar refractivity (Wildman–Crippen MR) is 107 cm³/mol. The van der Waals surface area contributed by atoms with Crippen molar-refractivity contribution in [1.82, 2.24) is 4.90 Å². The number of ether oxygens (including phenoxy) is 3. The van der Waals surface area contributed by atoms with E-state index in [0.29, 0.717) is 24.7 Å². The Morgan fingerprint density at radius 2 is 1.97 bits per heavy atom. The van der Waals surface area contributed by atoms with Crippen molar-refractivity contribution in [1.29, 1.82) is 0 Å². The molecule has 0 saturated carbocycles. The number of hydrogen-bond acceptors (Lipinski definition) is 6. The number of carbonyl (C=O) groups excluding carboxylic acids is 1. The molecule has 3 rings (SSSR count). The van der Waals surface area contributed by atoms with Gasteiger partial charge in [0.05, 0.1) is 16.6 Å². The average Bonchev–Trinajstić information content (AvgIpc) is 3.18. The van der Waals surface area contributed by atoms with Crippen molar-refractivity contribution >= 4 is 17.7 Å². The van der Waals surface area contributed by atoms with Gasteiger partial charge in [-0.25, -0.2) is 0 Å². The molecule has 1 amide bonds. The summed E-state index contributed by atoms with van der Waals surface area (Å²) in [6.07, 6.45) is 4.37. The molecule has 0 saturated heterocycles. The third kappa shape index (κ3) is 4.92. The molecule has 0 aliphatic carbocycles. The van der Waals surface area contributed by atoms with E-state index in [-0.39, 0.29) is 24.0 Å². The van der Waals surface area contributed by atoms with Crippen molar-refractivity contribution in [2.75, 3.05) is 20.4 Å². The summed E-state index contributed by atoms with van der Waals surface area (Å²) in [5.74, 6) is 1.16. The smallest absolute Gasteiger partial charge is 0.280 e. The standard InChI is InChI=1S/C21H20N2O6/c1-3-10-27-17-7-4-15(5-8-17)13-22(2)21(24)9-6-16-11-19-20(29-14-28-19)12-18(16)23(25)26/h3-9,11-12H,1,10,13-14H2,2H3/b9-6+. The fourth-order valence-electron chi connectivity index (χ4n) is 2.72. The fourth-order valence-corrected chi connectivity index (χ4v) is 2.72. The largest absolute Gasteiger partial charge is 0.490 e. The maximum absolute atomic E-state index is 12.4. The lowest BCUT2D eigenvalue weighted by molar-refractivity contribution is -0.385. The SMILES string of the molecule is C=CCOc1ccc(CN(C)C(=O)/C=C/c2cc3c(cc2[N+](=O)[O-])OCO3)cc1. The van der Waals surface area contributed by atoms with Crippen molar-refractivity contribution in [3.8, 4) is 17.2 Å². The molecule has 8 nitrogen and oxygen atoms in total. The first kappa shape index (κ1) is 19.9. The Bertz CT molecular complexity index is 952. The van der Waals surface area contributed by atoms with Crippen LogP contribution < -0.4 is 14.2 Å². The van der Waals surface area contributed by atoms with Crippen LogP contribution in [0.2, 0.25) is 0 Å². The van der Waals surface area contributed by atoms with Crippen molar-refractivity contribution in [3.63, 3.8) is 0 Å². The molecule has 0 radical (unpaired) electrons. The number of rotatable bonds is 8. The van der Waals surface area contributed by atoms with Crippen LogP contribution in [-0.2, 0) is 11.3 Å². The Hall–Kier alpha value is -3.81. The third-order valence-corrected chi connectivity index (χ3v) is 4.21. The minimum absolute atomic E-state index is 0.0126. The van der Waals surface area contributed by atoms with Crippen LogP contribution in [0.3, 0.4) is 0 Å². The first-order valence-corrected chi connectivity index (χ1v) is 8.82. The highest BCUT2D eigenvalue weighted by molar-refractivity contribution is 5.92. The summed E-state index contributed by atoms with van der Waals surface area (Å²) in [5, 5.41) is 11.3. The van der Waals surface area contributed by atoms with E-state index >= 15 is 0 Å². The van der Waals surface area contributed by atoms with Crippen LogP contribution in [0.25, 0.3) is 6.08 Å². The van der Waals surface area contributed by atoms with Gasteiger partial charge in [-0.1, -0.05) is 24.8 Å². The molecule has 0 bridgehead atoms. The van der Waals surface area contributed by atoms with Gasteiger partial charge in [0.15, 0.2) is 11.5 Å². The van der Waals surface area contributed by atoms with Crippen LogP contribution in [0, 0.1) is 10.1 Å². The zero-order chi connectivity index (χ0) is 20.8. The summed E-state index contributed by atoms with van der Waals surface area (Å²) in [7, 11) is 1.66. The summed E-state index contributed by atoms with van der Waals surface area (Å²) in [5.41, 5.74) is 1.04. The second-order valence-corrected chi connectivity index (χ2v) is 6.29. The molecule has 2 aromatic rings. The highest BCUT2D eigenvalue weighted by atomic mass is 16.7. The van der Waals surface area contributed by atoms with Crippen molar-refractivity contribution in [2.24, 2.45) is 0 Å². The van der Waals surface area contributed by atoms with Crippen molar-refractivity contribution in [3.05, 3.63) is 76.4 Å². The summed E-state index contributed by atoms with van der Waals surface area (Å²) in [4.78, 5) is 24.7. The van der Waals surface area contributed by atoms with E-state index in [1.54, 1.807) is 13.1 Å². The van der Waals surface area contributed by atoms with E-state index in [1.807, 2.05) is 24.3 Å². The quantitative estimate of drug-likeness (QED) is 0.293. The minimum Gasteiger partial charge on any atom is -0.490 e. The number of nitro groups is 1. The predicted octanol–water partition coefficient (Wildman–Crippen LogP) is 3.56. The molecule has 150 valence electrons. The molecule has 0 fully saturated rings. The molecule has 0 spiro atoms. The molecule has 0 unspecified atom stereocenters. The van der Waals surface area contributed by atoms with Crippen LogP contribution in [0.15, 0.2) is 55.1 Å².